The summed E-state index contributed by atoms with van der Waals surface area (Å²) in [6, 6.07) is 13.7. The maximum absolute atomic E-state index is 12.8. The van der Waals surface area contributed by atoms with Crippen LogP contribution in [0.1, 0.15) is 23.7 Å². The highest BCUT2D eigenvalue weighted by molar-refractivity contribution is 6.25. The van der Waals surface area contributed by atoms with Gasteiger partial charge in [0, 0.05) is 18.4 Å². The van der Waals surface area contributed by atoms with Crippen LogP contribution in [0.3, 0.4) is 0 Å². The number of aliphatic imine (C=N–C) groups is 1. The van der Waals surface area contributed by atoms with E-state index < -0.39 is 5.41 Å². The van der Waals surface area contributed by atoms with E-state index in [2.05, 4.69) is 9.88 Å². The number of ketones is 1. The lowest BCUT2D eigenvalue weighted by Gasteiger charge is -2.30. The Kier molecular flexibility index (Phi) is 2.48. The number of rotatable bonds is 1. The van der Waals surface area contributed by atoms with E-state index in [1.54, 1.807) is 12.3 Å². The maximum atomic E-state index is 12.8. The van der Waals surface area contributed by atoms with E-state index in [-0.39, 0.29) is 5.78 Å². The molecule has 1 unspecified atom stereocenters. The predicted molar refractivity (Wildman–Crippen MR) is 82.2 cm³/mol. The minimum Gasteiger partial charge on any atom is -0.329 e. The normalized spacial score (nSPS) is 23.6. The second-order valence-corrected chi connectivity index (χ2v) is 5.71. The van der Waals surface area contributed by atoms with Crippen molar-refractivity contribution in [2.45, 2.75) is 13.3 Å². The summed E-state index contributed by atoms with van der Waals surface area (Å²) in [5.74, 6) is 1.50. The van der Waals surface area contributed by atoms with Crippen LogP contribution in [0, 0.1) is 5.41 Å². The third-order valence-electron chi connectivity index (χ3n) is 4.40. The molecule has 3 heterocycles. The lowest BCUT2D eigenvalue weighted by atomic mass is 9.79. The van der Waals surface area contributed by atoms with Crippen molar-refractivity contribution in [3.05, 3.63) is 54.2 Å². The fourth-order valence-electron chi connectivity index (χ4n) is 3.17. The minimum absolute atomic E-state index is 0.133. The molecule has 1 atom stereocenters. The Hall–Kier alpha value is -2.49. The summed E-state index contributed by atoms with van der Waals surface area (Å²) in [7, 11) is 0. The average Bonchev–Trinajstić information content (AvgIpc) is 2.87. The first-order valence-electron chi connectivity index (χ1n) is 7.12. The van der Waals surface area contributed by atoms with Gasteiger partial charge in [-0.3, -0.25) is 4.79 Å². The molecule has 4 nitrogen and oxygen atoms in total. The van der Waals surface area contributed by atoms with Gasteiger partial charge in [-0.25, -0.2) is 9.98 Å². The van der Waals surface area contributed by atoms with Gasteiger partial charge in [0.15, 0.2) is 11.6 Å². The molecule has 2 aromatic rings. The van der Waals surface area contributed by atoms with Crippen LogP contribution in [-0.2, 0) is 0 Å². The molecule has 1 fully saturated rings. The van der Waals surface area contributed by atoms with Gasteiger partial charge in [-0.1, -0.05) is 18.2 Å². The van der Waals surface area contributed by atoms with Gasteiger partial charge in [0.1, 0.15) is 5.84 Å². The zero-order chi connectivity index (χ0) is 14.4. The van der Waals surface area contributed by atoms with E-state index in [9.17, 15) is 4.79 Å². The quantitative estimate of drug-likeness (QED) is 0.804. The summed E-state index contributed by atoms with van der Waals surface area (Å²) in [6.45, 7) is 2.80. The molecule has 4 heteroatoms. The highest BCUT2D eigenvalue weighted by Gasteiger charge is 2.50. The highest BCUT2D eigenvalue weighted by Crippen LogP contribution is 2.43. The molecule has 1 aromatic heterocycles. The summed E-state index contributed by atoms with van der Waals surface area (Å²) in [6.07, 6.45) is 2.47. The summed E-state index contributed by atoms with van der Waals surface area (Å²) in [5, 5.41) is 0. The lowest BCUT2D eigenvalue weighted by molar-refractivity contribution is 0.0887. The maximum Gasteiger partial charge on any atom is 0.180 e. The largest absolute Gasteiger partial charge is 0.329 e. The molecule has 0 spiro atoms. The SMILES string of the molecule is CC12CCN(c3ccccc3)C1=Nc1ncccc1C2=O. The van der Waals surface area contributed by atoms with Crippen molar-refractivity contribution in [3.8, 4) is 0 Å². The van der Waals surface area contributed by atoms with Gasteiger partial charge in [0.25, 0.3) is 0 Å². The standard InChI is InChI=1S/C17H15N3O/c1-17-9-11-20(12-6-3-2-4-7-12)16(17)19-15-13(14(17)21)8-5-10-18-15/h2-8,10H,9,11H2,1H3. The molecule has 0 bridgehead atoms. The molecule has 0 amide bonds. The third-order valence-corrected chi connectivity index (χ3v) is 4.40. The van der Waals surface area contributed by atoms with Crippen molar-refractivity contribution in [1.29, 1.82) is 0 Å². The number of nitrogens with zero attached hydrogens (tertiary/aromatic N) is 3. The minimum atomic E-state index is -0.536. The zero-order valence-corrected chi connectivity index (χ0v) is 11.8. The highest BCUT2D eigenvalue weighted by atomic mass is 16.1. The molecule has 2 aliphatic rings. The molecule has 0 aliphatic carbocycles. The molecule has 4 rings (SSSR count). The Morgan fingerprint density at radius 1 is 1.14 bits per heavy atom. The Morgan fingerprint density at radius 3 is 2.76 bits per heavy atom. The van der Waals surface area contributed by atoms with Gasteiger partial charge in [-0.05, 0) is 37.6 Å². The molecule has 1 saturated heterocycles. The van der Waals surface area contributed by atoms with Gasteiger partial charge in [0.2, 0.25) is 0 Å². The molecular formula is C17H15N3O. The second-order valence-electron chi connectivity index (χ2n) is 5.71. The average molecular weight is 277 g/mol. The van der Waals surface area contributed by atoms with Crippen LogP contribution >= 0.6 is 0 Å². The van der Waals surface area contributed by atoms with E-state index in [4.69, 9.17) is 4.99 Å². The number of aromatic nitrogens is 1. The number of fused-ring (bicyclic) bond motifs is 2. The van der Waals surface area contributed by atoms with Crippen LogP contribution in [0.4, 0.5) is 11.5 Å². The van der Waals surface area contributed by atoms with E-state index in [0.29, 0.717) is 11.4 Å². The van der Waals surface area contributed by atoms with Gasteiger partial charge in [-0.2, -0.15) is 0 Å². The van der Waals surface area contributed by atoms with Crippen molar-refractivity contribution in [1.82, 2.24) is 4.98 Å². The molecule has 1 aromatic carbocycles. The van der Waals surface area contributed by atoms with Crippen LogP contribution in [0.25, 0.3) is 0 Å². The molecule has 0 N–H and O–H groups in total. The number of hydrogen-bond donors (Lipinski definition) is 0. The number of benzene rings is 1. The van der Waals surface area contributed by atoms with E-state index in [0.717, 1.165) is 24.5 Å². The molecule has 104 valence electrons. The Morgan fingerprint density at radius 2 is 1.95 bits per heavy atom. The van der Waals surface area contributed by atoms with Crippen molar-refractivity contribution in [3.63, 3.8) is 0 Å². The van der Waals surface area contributed by atoms with Crippen molar-refractivity contribution in [2.24, 2.45) is 10.4 Å². The van der Waals surface area contributed by atoms with Crippen LogP contribution in [-0.4, -0.2) is 23.1 Å². The summed E-state index contributed by atoms with van der Waals surface area (Å²) in [4.78, 5) is 23.9. The van der Waals surface area contributed by atoms with Gasteiger partial charge in [-0.15, -0.1) is 0 Å². The van der Waals surface area contributed by atoms with E-state index >= 15 is 0 Å². The number of para-hydroxylation sites is 1. The summed E-state index contributed by atoms with van der Waals surface area (Å²) in [5.41, 5.74) is 1.18. The fourth-order valence-corrected chi connectivity index (χ4v) is 3.17. The monoisotopic (exact) mass is 277 g/mol. The predicted octanol–water partition coefficient (Wildman–Crippen LogP) is 3.22. The lowest BCUT2D eigenvalue weighted by Crippen LogP contribution is -2.40. The number of pyridine rings is 1. The van der Waals surface area contributed by atoms with Crippen LogP contribution in [0.2, 0.25) is 0 Å². The van der Waals surface area contributed by atoms with Gasteiger partial charge in [0.05, 0.1) is 11.0 Å². The zero-order valence-electron chi connectivity index (χ0n) is 11.8. The Bertz CT molecular complexity index is 754. The first-order chi connectivity index (χ1) is 10.2. The van der Waals surface area contributed by atoms with E-state index in [1.165, 1.54) is 0 Å². The molecule has 0 radical (unpaired) electrons. The van der Waals surface area contributed by atoms with Gasteiger partial charge < -0.3 is 4.90 Å². The smallest absolute Gasteiger partial charge is 0.180 e. The van der Waals surface area contributed by atoms with Crippen molar-refractivity contribution in [2.75, 3.05) is 11.4 Å². The first-order valence-corrected chi connectivity index (χ1v) is 7.12. The Labute approximate surface area is 123 Å². The summed E-state index contributed by atoms with van der Waals surface area (Å²) >= 11 is 0. The fraction of sp³-hybridized carbons (Fsp3) is 0.235. The van der Waals surface area contributed by atoms with E-state index in [1.807, 2.05) is 43.3 Å². The van der Waals surface area contributed by atoms with Crippen LogP contribution in [0.15, 0.2) is 53.7 Å². The topological polar surface area (TPSA) is 45.6 Å². The van der Waals surface area contributed by atoms with Crippen molar-refractivity contribution >= 4 is 23.1 Å². The molecular weight excluding hydrogens is 262 g/mol. The van der Waals surface area contributed by atoms with Crippen molar-refractivity contribution < 1.29 is 4.79 Å². The number of anilines is 1. The molecule has 21 heavy (non-hydrogen) atoms. The number of carbonyl (C=O) groups is 1. The second kappa shape index (κ2) is 4.25. The molecule has 0 saturated carbocycles. The summed E-state index contributed by atoms with van der Waals surface area (Å²) < 4.78 is 0. The molecule has 2 aliphatic heterocycles. The third kappa shape index (κ3) is 1.65. The van der Waals surface area contributed by atoms with Crippen LogP contribution in [0.5, 0.6) is 0 Å². The van der Waals surface area contributed by atoms with Gasteiger partial charge >= 0.3 is 0 Å². The number of Topliss-reactive ketones (excluding diaryl/α,β-unsaturated/α-hetero) is 1. The number of hydrogen-bond acceptors (Lipinski definition) is 4. The number of amidine groups is 1. The number of carbonyl (C=O) groups excluding carboxylic acids is 1. The van der Waals surface area contributed by atoms with Crippen LogP contribution < -0.4 is 4.90 Å². The first kappa shape index (κ1) is 12.3. The Balaban J connectivity index is 1.88.